The predicted molar refractivity (Wildman–Crippen MR) is 129 cm³/mol. The average Bonchev–Trinajstić information content (AvgIpc) is 2.93. The zero-order valence-corrected chi connectivity index (χ0v) is 21.8. The van der Waals surface area contributed by atoms with Crippen LogP contribution in [0.15, 0.2) is 24.3 Å². The van der Waals surface area contributed by atoms with E-state index in [4.69, 9.17) is 52.1 Å². The maximum atomic E-state index is 13.4. The highest BCUT2D eigenvalue weighted by atomic mass is 16.7. The number of carbonyl (C=O) groups is 1. The molecule has 2 aromatic rings. The lowest BCUT2D eigenvalue weighted by Gasteiger charge is -2.31. The van der Waals surface area contributed by atoms with Crippen molar-refractivity contribution >= 4 is 5.78 Å². The smallest absolute Gasteiger partial charge is 0.206 e. The molecule has 0 unspecified atom stereocenters. The van der Waals surface area contributed by atoms with Crippen molar-refractivity contribution in [1.29, 1.82) is 0 Å². The van der Waals surface area contributed by atoms with Crippen LogP contribution in [0.3, 0.4) is 0 Å². The summed E-state index contributed by atoms with van der Waals surface area (Å²) in [5.74, 6) is 0.533. The fourth-order valence-corrected chi connectivity index (χ4v) is 3.57. The molecule has 0 radical (unpaired) electrons. The van der Waals surface area contributed by atoms with E-state index >= 15 is 0 Å². The Balaban J connectivity index is 2.08. The number of ether oxygens (including phenoxy) is 11. The number of benzene rings is 2. The van der Waals surface area contributed by atoms with E-state index in [2.05, 4.69) is 0 Å². The molecule has 1 aliphatic rings. The Bertz CT molecular complexity index is 1030. The molecule has 38 heavy (non-hydrogen) atoms. The molecule has 3 rings (SSSR count). The molecule has 0 saturated heterocycles. The minimum atomic E-state index is -1.60. The van der Waals surface area contributed by atoms with Gasteiger partial charge in [-0.1, -0.05) is 0 Å². The van der Waals surface area contributed by atoms with E-state index in [0.717, 1.165) is 0 Å². The zero-order chi connectivity index (χ0) is 27.5. The van der Waals surface area contributed by atoms with Crippen LogP contribution >= 0.6 is 0 Å². The van der Waals surface area contributed by atoms with Crippen molar-refractivity contribution in [2.75, 3.05) is 69.5 Å². The highest BCUT2D eigenvalue weighted by Gasteiger charge is 2.40. The van der Waals surface area contributed by atoms with Gasteiger partial charge in [0.2, 0.25) is 11.5 Å². The lowest BCUT2D eigenvalue weighted by molar-refractivity contribution is 0.0144. The molecule has 13 heteroatoms. The van der Waals surface area contributed by atoms with Crippen LogP contribution in [0.2, 0.25) is 0 Å². The molecule has 2 aromatic carbocycles. The third-order valence-corrected chi connectivity index (χ3v) is 5.13. The number of rotatable bonds is 16. The summed E-state index contributed by atoms with van der Waals surface area (Å²) in [4.78, 5) is 13.4. The molecule has 1 aliphatic heterocycles. The van der Waals surface area contributed by atoms with Crippen molar-refractivity contribution in [3.05, 3.63) is 35.4 Å². The minimum Gasteiger partial charge on any atom is -0.481 e. The molecular weight excluding hydrogens is 508 g/mol. The van der Waals surface area contributed by atoms with Gasteiger partial charge in [0.05, 0.1) is 0 Å². The van der Waals surface area contributed by atoms with Gasteiger partial charge in [-0.05, 0) is 12.1 Å². The molecule has 210 valence electrons. The second-order valence-electron chi connectivity index (χ2n) is 7.74. The van der Waals surface area contributed by atoms with Crippen LogP contribution in [0, 0.1) is 0 Å². The second kappa shape index (κ2) is 14.6. The monoisotopic (exact) mass is 540 g/mol. The molecule has 0 amide bonds. The number of aliphatic hydroxyl groups is 1. The third-order valence-electron chi connectivity index (χ3n) is 5.13. The molecule has 0 aliphatic carbocycles. The standard InChI is InChI=1S/C25H32O13/c1-28-10-33-16-8-17(34-11-29-2)21-18(9-16)38-24(23(27)22(21)26)15-6-19(35-12-30-3)25(37-14-32-5)20(7-15)36-13-31-4/h6-9,23-24,27H,10-14H2,1-5H3/t23-,24+/m1/s1. The maximum Gasteiger partial charge on any atom is 0.206 e. The molecule has 0 bridgehead atoms. The van der Waals surface area contributed by atoms with Crippen molar-refractivity contribution in [3.8, 4) is 34.5 Å². The summed E-state index contributed by atoms with van der Waals surface area (Å²) in [6, 6.07) is 6.08. The Morgan fingerprint density at radius 3 is 1.74 bits per heavy atom. The van der Waals surface area contributed by atoms with E-state index in [0.29, 0.717) is 11.3 Å². The van der Waals surface area contributed by atoms with Gasteiger partial charge < -0.3 is 57.2 Å². The van der Waals surface area contributed by atoms with Gasteiger partial charge in [0.15, 0.2) is 57.7 Å². The number of fused-ring (bicyclic) bond motifs is 1. The SMILES string of the molecule is COCOc1cc(OCOC)c2c(c1)O[C@@H](c1cc(OCOC)c(OCOC)c(OCOC)c1)[C@H](O)C2=O. The molecule has 13 nitrogen and oxygen atoms in total. The third kappa shape index (κ3) is 6.95. The first-order valence-electron chi connectivity index (χ1n) is 11.3. The van der Waals surface area contributed by atoms with E-state index in [1.54, 1.807) is 12.1 Å². The molecular formula is C25H32O13. The van der Waals surface area contributed by atoms with Crippen LogP contribution in [-0.4, -0.2) is 86.5 Å². The van der Waals surface area contributed by atoms with Gasteiger partial charge in [-0.25, -0.2) is 0 Å². The van der Waals surface area contributed by atoms with Crippen molar-refractivity contribution in [2.24, 2.45) is 0 Å². The fraction of sp³-hybridized carbons (Fsp3) is 0.480. The fourth-order valence-electron chi connectivity index (χ4n) is 3.57. The summed E-state index contributed by atoms with van der Waals surface area (Å²) >= 11 is 0. The molecule has 1 heterocycles. The Morgan fingerprint density at radius 1 is 0.684 bits per heavy atom. The number of carbonyl (C=O) groups excluding carboxylic acids is 1. The summed E-state index contributed by atoms with van der Waals surface area (Å²) < 4.78 is 59.2. The molecule has 0 spiro atoms. The van der Waals surface area contributed by atoms with Crippen LogP contribution in [0.5, 0.6) is 34.5 Å². The highest BCUT2D eigenvalue weighted by Crippen LogP contribution is 2.46. The van der Waals surface area contributed by atoms with Crippen molar-refractivity contribution in [3.63, 3.8) is 0 Å². The average molecular weight is 541 g/mol. The summed E-state index contributed by atoms with van der Waals surface area (Å²) in [7, 11) is 7.28. The Kier molecular flexibility index (Phi) is 11.2. The lowest BCUT2D eigenvalue weighted by Crippen LogP contribution is -2.36. The van der Waals surface area contributed by atoms with Gasteiger partial charge in [-0.15, -0.1) is 0 Å². The van der Waals surface area contributed by atoms with Gasteiger partial charge in [0, 0.05) is 53.2 Å². The Hall–Kier alpha value is -3.33. The number of methoxy groups -OCH3 is 5. The first-order chi connectivity index (χ1) is 18.5. The highest BCUT2D eigenvalue weighted by molar-refractivity contribution is 6.05. The number of hydrogen-bond acceptors (Lipinski definition) is 13. The Labute approximate surface area is 219 Å². The first-order valence-corrected chi connectivity index (χ1v) is 11.3. The number of hydrogen-bond donors (Lipinski definition) is 1. The maximum absolute atomic E-state index is 13.4. The quantitative estimate of drug-likeness (QED) is 0.312. The van der Waals surface area contributed by atoms with Gasteiger partial charge in [0.25, 0.3) is 0 Å². The van der Waals surface area contributed by atoms with Crippen LogP contribution in [0.1, 0.15) is 22.0 Å². The lowest BCUT2D eigenvalue weighted by atomic mass is 9.92. The molecule has 0 fully saturated rings. The van der Waals surface area contributed by atoms with Crippen LogP contribution < -0.4 is 28.4 Å². The zero-order valence-electron chi connectivity index (χ0n) is 21.8. The number of ketones is 1. The molecule has 0 aromatic heterocycles. The van der Waals surface area contributed by atoms with Crippen LogP contribution in [0.4, 0.5) is 0 Å². The second-order valence-corrected chi connectivity index (χ2v) is 7.74. The van der Waals surface area contributed by atoms with E-state index in [-0.39, 0.29) is 68.3 Å². The summed E-state index contributed by atoms with van der Waals surface area (Å²) in [5, 5.41) is 11.0. The van der Waals surface area contributed by atoms with Gasteiger partial charge in [-0.2, -0.15) is 0 Å². The largest absolute Gasteiger partial charge is 0.481 e. The Morgan fingerprint density at radius 2 is 1.18 bits per heavy atom. The summed E-state index contributed by atoms with van der Waals surface area (Å²) in [6.07, 6.45) is -2.76. The summed E-state index contributed by atoms with van der Waals surface area (Å²) in [5.41, 5.74) is 0.392. The normalized spacial score (nSPS) is 16.4. The van der Waals surface area contributed by atoms with Crippen molar-refractivity contribution in [2.45, 2.75) is 12.2 Å². The van der Waals surface area contributed by atoms with E-state index in [1.165, 1.54) is 47.7 Å². The van der Waals surface area contributed by atoms with E-state index in [9.17, 15) is 9.90 Å². The van der Waals surface area contributed by atoms with Crippen LogP contribution in [-0.2, 0) is 23.7 Å². The topological polar surface area (TPSA) is 139 Å². The van der Waals surface area contributed by atoms with E-state index in [1.807, 2.05) is 0 Å². The summed E-state index contributed by atoms with van der Waals surface area (Å²) in [6.45, 7) is -0.531. The van der Waals surface area contributed by atoms with Crippen molar-refractivity contribution < 1.29 is 62.0 Å². The predicted octanol–water partition coefficient (Wildman–Crippen LogP) is 2.28. The molecule has 1 N–H and O–H groups in total. The first kappa shape index (κ1) is 29.2. The van der Waals surface area contributed by atoms with Gasteiger partial charge in [-0.3, -0.25) is 4.79 Å². The van der Waals surface area contributed by atoms with Crippen LogP contribution in [0.25, 0.3) is 0 Å². The van der Waals surface area contributed by atoms with Gasteiger partial charge >= 0.3 is 0 Å². The number of aliphatic hydroxyl groups excluding tert-OH is 1. The van der Waals surface area contributed by atoms with Crippen molar-refractivity contribution in [1.82, 2.24) is 0 Å². The number of Topliss-reactive ketones (excluding diaryl/α,β-unsaturated/α-hetero) is 1. The van der Waals surface area contributed by atoms with E-state index < -0.39 is 18.0 Å². The van der Waals surface area contributed by atoms with Gasteiger partial charge in [0.1, 0.15) is 22.8 Å². The molecule has 0 saturated carbocycles. The molecule has 2 atom stereocenters. The minimum absolute atomic E-state index is 0.0438.